The predicted octanol–water partition coefficient (Wildman–Crippen LogP) is 2.45. The molecule has 0 aliphatic heterocycles. The van der Waals surface area contributed by atoms with Crippen molar-refractivity contribution in [1.82, 2.24) is 10.1 Å². The minimum Gasteiger partial charge on any atom is -0.481 e. The molecule has 1 N–H and O–H groups in total. The molecule has 6 heteroatoms. The third-order valence-electron chi connectivity index (χ3n) is 2.83. The lowest BCUT2D eigenvalue weighted by Crippen LogP contribution is -2.07. The van der Waals surface area contributed by atoms with Gasteiger partial charge in [0.05, 0.1) is 0 Å². The number of aliphatic carboxylic acids is 1. The van der Waals surface area contributed by atoms with Gasteiger partial charge in [-0.15, -0.1) is 0 Å². The highest BCUT2D eigenvalue weighted by Gasteiger charge is 2.13. The van der Waals surface area contributed by atoms with Crippen LogP contribution in [0.5, 0.6) is 0 Å². The van der Waals surface area contributed by atoms with Crippen molar-refractivity contribution >= 4 is 5.97 Å². The molecule has 1 aromatic heterocycles. The minimum absolute atomic E-state index is 0.0633. The van der Waals surface area contributed by atoms with Crippen molar-refractivity contribution in [3.8, 4) is 0 Å². The fourth-order valence-electron chi connectivity index (χ4n) is 1.90. The van der Waals surface area contributed by atoms with E-state index < -0.39 is 5.97 Å². The fraction of sp³-hybridized carbons (Fsp3) is 0.357. The second kappa shape index (κ2) is 6.27. The zero-order valence-corrected chi connectivity index (χ0v) is 11.0. The van der Waals surface area contributed by atoms with Crippen molar-refractivity contribution in [3.05, 3.63) is 47.4 Å². The van der Waals surface area contributed by atoms with Gasteiger partial charge in [0.2, 0.25) is 5.89 Å². The summed E-state index contributed by atoms with van der Waals surface area (Å²) in [5.74, 6) is -0.259. The lowest BCUT2D eigenvalue weighted by molar-refractivity contribution is -0.137. The molecule has 1 aromatic carbocycles. The molecule has 5 nitrogen and oxygen atoms in total. The van der Waals surface area contributed by atoms with E-state index in [1.54, 1.807) is 12.1 Å². The van der Waals surface area contributed by atoms with Crippen LogP contribution in [0, 0.1) is 11.7 Å². The smallest absolute Gasteiger partial charge is 0.303 e. The van der Waals surface area contributed by atoms with Crippen LogP contribution >= 0.6 is 0 Å². The third kappa shape index (κ3) is 4.15. The van der Waals surface area contributed by atoms with E-state index in [1.165, 1.54) is 12.1 Å². The maximum Gasteiger partial charge on any atom is 0.303 e. The van der Waals surface area contributed by atoms with Gasteiger partial charge >= 0.3 is 5.97 Å². The second-order valence-corrected chi connectivity index (χ2v) is 4.81. The topological polar surface area (TPSA) is 76.2 Å². The molecule has 0 bridgehead atoms. The highest BCUT2D eigenvalue weighted by atomic mass is 19.1. The maximum atomic E-state index is 12.8. The summed E-state index contributed by atoms with van der Waals surface area (Å²) in [4.78, 5) is 14.8. The summed E-state index contributed by atoms with van der Waals surface area (Å²) in [7, 11) is 0. The highest BCUT2D eigenvalue weighted by molar-refractivity contribution is 5.66. The van der Waals surface area contributed by atoms with Gasteiger partial charge < -0.3 is 9.63 Å². The van der Waals surface area contributed by atoms with Gasteiger partial charge in [0, 0.05) is 19.3 Å². The molecular formula is C14H15FN2O3. The van der Waals surface area contributed by atoms with Crippen molar-refractivity contribution in [2.45, 2.75) is 26.2 Å². The van der Waals surface area contributed by atoms with Gasteiger partial charge in [0.25, 0.3) is 0 Å². The van der Waals surface area contributed by atoms with Crippen molar-refractivity contribution in [2.75, 3.05) is 0 Å². The van der Waals surface area contributed by atoms with Gasteiger partial charge in [-0.25, -0.2) is 4.39 Å². The van der Waals surface area contributed by atoms with Gasteiger partial charge in [-0.05, 0) is 23.6 Å². The fourth-order valence-corrected chi connectivity index (χ4v) is 1.90. The summed E-state index contributed by atoms with van der Waals surface area (Å²) in [5, 5.41) is 12.5. The number of aromatic nitrogens is 2. The molecular weight excluding hydrogens is 263 g/mol. The lowest BCUT2D eigenvalue weighted by atomic mass is 10.0. The molecule has 0 aliphatic carbocycles. The van der Waals surface area contributed by atoms with Crippen LogP contribution in [0.4, 0.5) is 4.39 Å². The van der Waals surface area contributed by atoms with Crippen LogP contribution < -0.4 is 0 Å². The van der Waals surface area contributed by atoms with Gasteiger partial charge in [0.1, 0.15) is 5.82 Å². The van der Waals surface area contributed by atoms with Crippen LogP contribution in [-0.2, 0) is 17.6 Å². The first-order valence-electron chi connectivity index (χ1n) is 6.30. The number of benzene rings is 1. The van der Waals surface area contributed by atoms with Crippen LogP contribution in [0.3, 0.4) is 0 Å². The van der Waals surface area contributed by atoms with Gasteiger partial charge in [-0.2, -0.15) is 4.98 Å². The molecule has 0 fully saturated rings. The first-order chi connectivity index (χ1) is 9.52. The van der Waals surface area contributed by atoms with Gasteiger partial charge in [-0.1, -0.05) is 24.2 Å². The molecule has 2 rings (SSSR count). The number of rotatable bonds is 6. The van der Waals surface area contributed by atoms with Crippen molar-refractivity contribution in [3.63, 3.8) is 0 Å². The number of nitrogens with zero attached hydrogens (tertiary/aromatic N) is 2. The van der Waals surface area contributed by atoms with E-state index in [0.29, 0.717) is 24.6 Å². The lowest BCUT2D eigenvalue weighted by Gasteiger charge is -2.03. The van der Waals surface area contributed by atoms with E-state index in [1.807, 2.05) is 6.92 Å². The number of hydrogen-bond donors (Lipinski definition) is 1. The van der Waals surface area contributed by atoms with Crippen LogP contribution in [-0.4, -0.2) is 21.2 Å². The minimum atomic E-state index is -0.844. The summed E-state index contributed by atoms with van der Waals surface area (Å²) >= 11 is 0. The predicted molar refractivity (Wildman–Crippen MR) is 68.6 cm³/mol. The van der Waals surface area contributed by atoms with E-state index in [0.717, 1.165) is 5.56 Å². The summed E-state index contributed by atoms with van der Waals surface area (Å²) in [5.41, 5.74) is 0.886. The molecule has 1 heterocycles. The monoisotopic (exact) mass is 278 g/mol. The molecule has 0 spiro atoms. The van der Waals surface area contributed by atoms with E-state index >= 15 is 0 Å². The quantitative estimate of drug-likeness (QED) is 0.878. The largest absolute Gasteiger partial charge is 0.481 e. The molecule has 0 saturated carbocycles. The number of carboxylic acids is 1. The molecule has 20 heavy (non-hydrogen) atoms. The second-order valence-electron chi connectivity index (χ2n) is 4.81. The van der Waals surface area contributed by atoms with E-state index in [9.17, 15) is 9.18 Å². The summed E-state index contributed by atoms with van der Waals surface area (Å²) in [6, 6.07) is 6.09. The zero-order valence-electron chi connectivity index (χ0n) is 11.0. The Kier molecular flexibility index (Phi) is 4.45. The van der Waals surface area contributed by atoms with Crippen molar-refractivity contribution in [1.29, 1.82) is 0 Å². The first-order valence-corrected chi connectivity index (χ1v) is 6.30. The van der Waals surface area contributed by atoms with Crippen LogP contribution in [0.2, 0.25) is 0 Å². The normalized spacial score (nSPS) is 12.3. The average molecular weight is 278 g/mol. The summed E-state index contributed by atoms with van der Waals surface area (Å²) < 4.78 is 17.9. The third-order valence-corrected chi connectivity index (χ3v) is 2.83. The number of halogens is 1. The van der Waals surface area contributed by atoms with Crippen molar-refractivity contribution < 1.29 is 18.8 Å². The molecule has 0 aliphatic rings. The van der Waals surface area contributed by atoms with Crippen molar-refractivity contribution in [2.24, 2.45) is 5.92 Å². The number of carboxylic acid groups (broad SMARTS) is 1. The number of carbonyl (C=O) groups is 1. The standard InChI is InChI=1S/C14H15FN2O3/c1-9(7-14(18)19)6-13-16-12(17-20-13)8-10-2-4-11(15)5-3-10/h2-5,9H,6-8H2,1H3,(H,18,19). The SMILES string of the molecule is CC(CC(=O)O)Cc1nc(Cc2ccc(F)cc2)no1. The zero-order chi connectivity index (χ0) is 14.5. The Balaban J connectivity index is 1.95. The number of hydrogen-bond acceptors (Lipinski definition) is 4. The highest BCUT2D eigenvalue weighted by Crippen LogP contribution is 2.12. The van der Waals surface area contributed by atoms with E-state index in [-0.39, 0.29) is 18.2 Å². The van der Waals surface area contributed by atoms with E-state index in [4.69, 9.17) is 9.63 Å². The molecule has 0 saturated heterocycles. The molecule has 0 amide bonds. The average Bonchev–Trinajstić information content (AvgIpc) is 2.78. The Hall–Kier alpha value is -2.24. The van der Waals surface area contributed by atoms with Crippen LogP contribution in [0.25, 0.3) is 0 Å². The summed E-state index contributed by atoms with van der Waals surface area (Å²) in [6.45, 7) is 1.82. The van der Waals surface area contributed by atoms with Crippen LogP contribution in [0.1, 0.15) is 30.6 Å². The van der Waals surface area contributed by atoms with Crippen LogP contribution in [0.15, 0.2) is 28.8 Å². The summed E-state index contributed by atoms with van der Waals surface area (Å²) in [6.07, 6.45) is 0.954. The maximum absolute atomic E-state index is 12.8. The van der Waals surface area contributed by atoms with Gasteiger partial charge in [0.15, 0.2) is 5.82 Å². The molecule has 1 unspecified atom stereocenters. The Morgan fingerprint density at radius 2 is 2.10 bits per heavy atom. The first kappa shape index (κ1) is 14.2. The Labute approximate surface area is 115 Å². The Bertz CT molecular complexity index is 580. The molecule has 106 valence electrons. The Morgan fingerprint density at radius 3 is 2.75 bits per heavy atom. The Morgan fingerprint density at radius 1 is 1.40 bits per heavy atom. The molecule has 2 aromatic rings. The van der Waals surface area contributed by atoms with Gasteiger partial charge in [-0.3, -0.25) is 4.79 Å². The van der Waals surface area contributed by atoms with E-state index in [2.05, 4.69) is 10.1 Å². The molecule has 0 radical (unpaired) electrons. The molecule has 1 atom stereocenters.